The largest absolute Gasteiger partial charge is 0.493 e. The second-order valence-corrected chi connectivity index (χ2v) is 5.82. The number of hydrogen-bond acceptors (Lipinski definition) is 4. The average molecular weight is 325 g/mol. The fourth-order valence-corrected chi connectivity index (χ4v) is 2.86. The third-order valence-electron chi connectivity index (χ3n) is 4.26. The average Bonchev–Trinajstić information content (AvgIpc) is 2.70. The first-order valence-corrected chi connectivity index (χ1v) is 8.06. The molecule has 0 spiro atoms. The topological polar surface area (TPSA) is 30.9 Å². The Hall–Kier alpha value is -2.30. The Morgan fingerprint density at radius 1 is 1.00 bits per heavy atom. The van der Waals surface area contributed by atoms with Crippen LogP contribution in [0.25, 0.3) is 11.6 Å². The number of benzene rings is 2. The highest BCUT2D eigenvalue weighted by Crippen LogP contribution is 2.33. The monoisotopic (exact) mass is 325 g/mol. The molecule has 0 amide bonds. The highest BCUT2D eigenvalue weighted by atomic mass is 16.7. The van der Waals surface area contributed by atoms with Gasteiger partial charge in [0.25, 0.3) is 0 Å². The molecule has 126 valence electrons. The van der Waals surface area contributed by atoms with Gasteiger partial charge in [0.2, 0.25) is 0 Å². The van der Waals surface area contributed by atoms with E-state index in [9.17, 15) is 0 Å². The molecule has 1 aliphatic rings. The number of nitrogens with zero attached hydrogens (tertiary/aromatic N) is 1. The zero-order valence-corrected chi connectivity index (χ0v) is 14.4. The van der Waals surface area contributed by atoms with Crippen molar-refractivity contribution in [3.8, 4) is 11.5 Å². The van der Waals surface area contributed by atoms with Crippen LogP contribution < -0.4 is 9.47 Å². The van der Waals surface area contributed by atoms with E-state index >= 15 is 0 Å². The third-order valence-corrected chi connectivity index (χ3v) is 4.26. The molecule has 1 heterocycles. The summed E-state index contributed by atoms with van der Waals surface area (Å²) < 4.78 is 10.9. The Morgan fingerprint density at radius 3 is 2.42 bits per heavy atom. The molecule has 1 aliphatic heterocycles. The summed E-state index contributed by atoms with van der Waals surface area (Å²) in [5.74, 6) is 1.50. The van der Waals surface area contributed by atoms with E-state index in [-0.39, 0.29) is 0 Å². The van der Waals surface area contributed by atoms with Gasteiger partial charge in [0.05, 0.1) is 20.8 Å². The maximum absolute atomic E-state index is 5.88. The van der Waals surface area contributed by atoms with Crippen LogP contribution in [0.1, 0.15) is 16.7 Å². The molecule has 3 rings (SSSR count). The van der Waals surface area contributed by atoms with E-state index in [0.29, 0.717) is 6.61 Å². The molecule has 4 nitrogen and oxygen atoms in total. The van der Waals surface area contributed by atoms with E-state index in [0.717, 1.165) is 41.2 Å². The number of fused-ring (bicyclic) bond motifs is 1. The van der Waals surface area contributed by atoms with Crippen LogP contribution in [-0.4, -0.2) is 39.5 Å². The SMILES string of the molecule is COc1cc2c(cc1OC)CCN(C)OC/C(c1ccccc1)=C\2. The van der Waals surface area contributed by atoms with Gasteiger partial charge in [-0.15, -0.1) is 0 Å². The van der Waals surface area contributed by atoms with Crippen molar-refractivity contribution < 1.29 is 14.3 Å². The molecule has 0 bridgehead atoms. The van der Waals surface area contributed by atoms with Crippen LogP contribution in [0.3, 0.4) is 0 Å². The molecule has 0 N–H and O–H groups in total. The summed E-state index contributed by atoms with van der Waals surface area (Å²) in [7, 11) is 5.30. The second kappa shape index (κ2) is 7.51. The summed E-state index contributed by atoms with van der Waals surface area (Å²) >= 11 is 0. The van der Waals surface area contributed by atoms with Crippen molar-refractivity contribution in [2.45, 2.75) is 6.42 Å². The Kier molecular flexibility index (Phi) is 5.18. The molecular formula is C20H23NO3. The van der Waals surface area contributed by atoms with Gasteiger partial charge in [-0.05, 0) is 46.9 Å². The Morgan fingerprint density at radius 2 is 1.71 bits per heavy atom. The van der Waals surface area contributed by atoms with Gasteiger partial charge in [0.15, 0.2) is 11.5 Å². The molecule has 0 aromatic heterocycles. The van der Waals surface area contributed by atoms with Crippen molar-refractivity contribution in [3.63, 3.8) is 0 Å². The minimum Gasteiger partial charge on any atom is -0.493 e. The number of methoxy groups -OCH3 is 2. The first-order valence-electron chi connectivity index (χ1n) is 8.06. The van der Waals surface area contributed by atoms with Crippen molar-refractivity contribution in [3.05, 3.63) is 59.2 Å². The van der Waals surface area contributed by atoms with E-state index in [1.165, 1.54) is 5.56 Å². The second-order valence-electron chi connectivity index (χ2n) is 5.82. The van der Waals surface area contributed by atoms with Crippen LogP contribution in [0.2, 0.25) is 0 Å². The zero-order chi connectivity index (χ0) is 16.9. The standard InChI is InChI=1S/C20H23NO3/c1-21-10-9-16-12-19(22-2)20(23-3)13-17(16)11-18(14-24-21)15-7-5-4-6-8-15/h4-8,11-13H,9-10,14H2,1-3H3/b18-11+. The van der Waals surface area contributed by atoms with E-state index in [1.807, 2.05) is 36.4 Å². The van der Waals surface area contributed by atoms with Gasteiger partial charge >= 0.3 is 0 Å². The molecule has 4 heteroatoms. The fraction of sp³-hybridized carbons (Fsp3) is 0.300. The smallest absolute Gasteiger partial charge is 0.161 e. The van der Waals surface area contributed by atoms with Crippen LogP contribution in [-0.2, 0) is 11.3 Å². The summed E-state index contributed by atoms with van der Waals surface area (Å²) in [4.78, 5) is 5.88. The highest BCUT2D eigenvalue weighted by molar-refractivity contribution is 5.83. The molecule has 24 heavy (non-hydrogen) atoms. The number of hydroxylamine groups is 2. The third kappa shape index (κ3) is 3.61. The molecule has 0 radical (unpaired) electrons. The van der Waals surface area contributed by atoms with Gasteiger partial charge in [-0.2, -0.15) is 5.06 Å². The molecule has 0 atom stereocenters. The minimum atomic E-state index is 0.536. The van der Waals surface area contributed by atoms with Gasteiger partial charge in [0, 0.05) is 13.6 Å². The first kappa shape index (κ1) is 16.6. The van der Waals surface area contributed by atoms with E-state index < -0.39 is 0 Å². The van der Waals surface area contributed by atoms with Gasteiger partial charge in [-0.25, -0.2) is 0 Å². The number of hydrogen-bond donors (Lipinski definition) is 0. The lowest BCUT2D eigenvalue weighted by Gasteiger charge is -2.17. The van der Waals surface area contributed by atoms with Crippen molar-refractivity contribution >= 4 is 11.6 Å². The Bertz CT molecular complexity index is 725. The summed E-state index contributed by atoms with van der Waals surface area (Å²) in [5.41, 5.74) is 4.66. The summed E-state index contributed by atoms with van der Waals surface area (Å²) in [5, 5.41) is 1.89. The fourth-order valence-electron chi connectivity index (χ4n) is 2.86. The predicted molar refractivity (Wildman–Crippen MR) is 96.1 cm³/mol. The van der Waals surface area contributed by atoms with Crippen molar-refractivity contribution in [2.75, 3.05) is 34.4 Å². The van der Waals surface area contributed by atoms with Crippen LogP contribution in [0.15, 0.2) is 42.5 Å². The predicted octanol–water partition coefficient (Wildman–Crippen LogP) is 3.66. The lowest BCUT2D eigenvalue weighted by atomic mass is 9.98. The lowest BCUT2D eigenvalue weighted by Crippen LogP contribution is -2.22. The van der Waals surface area contributed by atoms with Crippen LogP contribution in [0.4, 0.5) is 0 Å². The number of likely N-dealkylation sites (N-methyl/N-ethyl adjacent to an activating group) is 1. The molecule has 0 saturated heterocycles. The van der Waals surface area contributed by atoms with E-state index in [1.54, 1.807) is 14.2 Å². The molecule has 0 saturated carbocycles. The number of rotatable bonds is 3. The van der Waals surface area contributed by atoms with Crippen LogP contribution in [0.5, 0.6) is 11.5 Å². The van der Waals surface area contributed by atoms with Crippen molar-refractivity contribution in [2.24, 2.45) is 0 Å². The van der Waals surface area contributed by atoms with Gasteiger partial charge in [-0.3, -0.25) is 4.84 Å². The quantitative estimate of drug-likeness (QED) is 0.862. The Labute approximate surface area is 143 Å². The molecule has 2 aromatic rings. The van der Waals surface area contributed by atoms with Gasteiger partial charge in [-0.1, -0.05) is 30.3 Å². The van der Waals surface area contributed by atoms with E-state index in [4.69, 9.17) is 14.3 Å². The lowest BCUT2D eigenvalue weighted by molar-refractivity contribution is -0.123. The number of ether oxygens (including phenoxy) is 2. The molecule has 0 fully saturated rings. The van der Waals surface area contributed by atoms with Crippen LogP contribution in [0, 0.1) is 0 Å². The molecular weight excluding hydrogens is 302 g/mol. The summed E-state index contributed by atoms with van der Waals surface area (Å²) in [6.45, 7) is 1.35. The Balaban J connectivity index is 2.11. The van der Waals surface area contributed by atoms with E-state index in [2.05, 4.69) is 24.3 Å². The zero-order valence-electron chi connectivity index (χ0n) is 14.4. The van der Waals surface area contributed by atoms with Crippen molar-refractivity contribution in [1.29, 1.82) is 0 Å². The van der Waals surface area contributed by atoms with Gasteiger partial charge < -0.3 is 9.47 Å². The molecule has 0 unspecified atom stereocenters. The maximum atomic E-state index is 5.88. The maximum Gasteiger partial charge on any atom is 0.161 e. The van der Waals surface area contributed by atoms with Crippen LogP contribution >= 0.6 is 0 Å². The summed E-state index contributed by atoms with van der Waals surface area (Å²) in [6, 6.07) is 14.4. The summed E-state index contributed by atoms with van der Waals surface area (Å²) in [6.07, 6.45) is 3.07. The molecule has 0 aliphatic carbocycles. The normalized spacial score (nSPS) is 17.7. The van der Waals surface area contributed by atoms with Crippen molar-refractivity contribution in [1.82, 2.24) is 5.06 Å². The highest BCUT2D eigenvalue weighted by Gasteiger charge is 2.15. The minimum absolute atomic E-state index is 0.536. The first-order chi connectivity index (χ1) is 11.7. The van der Waals surface area contributed by atoms with Gasteiger partial charge in [0.1, 0.15) is 0 Å². The molecule has 2 aromatic carbocycles.